The molecule has 12 heteroatoms. The van der Waals surface area contributed by atoms with Crippen molar-refractivity contribution in [3.63, 3.8) is 0 Å². The number of primary amides is 1. The van der Waals surface area contributed by atoms with Gasteiger partial charge in [-0.1, -0.05) is 0 Å². The van der Waals surface area contributed by atoms with Crippen molar-refractivity contribution in [1.82, 2.24) is 24.4 Å². The summed E-state index contributed by atoms with van der Waals surface area (Å²) >= 11 is 0. The maximum atomic E-state index is 14.0. The molecule has 1 saturated heterocycles. The average molecular weight is 490 g/mol. The molecule has 0 spiro atoms. The Morgan fingerprint density at radius 3 is 2.71 bits per heavy atom. The number of fused-ring (bicyclic) bond motifs is 1. The molecule has 3 N–H and O–H groups in total. The number of aliphatic hydroxyl groups is 1. The molecule has 10 nitrogen and oxygen atoms in total. The van der Waals surface area contributed by atoms with Crippen LogP contribution in [0, 0.1) is 5.92 Å². The van der Waals surface area contributed by atoms with Crippen molar-refractivity contribution in [2.75, 3.05) is 31.2 Å². The van der Waals surface area contributed by atoms with Crippen molar-refractivity contribution in [1.29, 1.82) is 0 Å². The largest absolute Gasteiger partial charge is 0.396 e. The highest BCUT2D eigenvalue weighted by Crippen LogP contribution is 2.37. The first-order valence-corrected chi connectivity index (χ1v) is 11.9. The zero-order valence-electron chi connectivity index (χ0n) is 19.5. The number of morpholine rings is 1. The molecule has 188 valence electrons. The van der Waals surface area contributed by atoms with Gasteiger partial charge in [-0.15, -0.1) is 0 Å². The summed E-state index contributed by atoms with van der Waals surface area (Å²) in [5.74, 6) is 0.0592. The average Bonchev–Trinajstić information content (AvgIpc) is 3.46. The van der Waals surface area contributed by atoms with E-state index in [4.69, 9.17) is 10.5 Å². The number of anilines is 1. The first kappa shape index (κ1) is 23.6. The molecule has 1 aliphatic heterocycles. The SMILES string of the molecule is C[C@H]1CN(c2ccn3nc(-c4cn(C5CCC(CO)CC5)nc4C(F)F)c(C(N)=O)c3n2)CCO1. The van der Waals surface area contributed by atoms with E-state index in [1.54, 1.807) is 16.9 Å². The summed E-state index contributed by atoms with van der Waals surface area (Å²) < 4.78 is 36.6. The molecule has 0 bridgehead atoms. The molecule has 2 fully saturated rings. The fourth-order valence-corrected chi connectivity index (χ4v) is 5.07. The number of aromatic nitrogens is 5. The molecule has 1 atom stereocenters. The van der Waals surface area contributed by atoms with E-state index in [0.29, 0.717) is 25.5 Å². The zero-order valence-corrected chi connectivity index (χ0v) is 19.5. The van der Waals surface area contributed by atoms with Gasteiger partial charge in [0.15, 0.2) is 5.65 Å². The lowest BCUT2D eigenvalue weighted by molar-refractivity contribution is 0.0529. The van der Waals surface area contributed by atoms with Crippen molar-refractivity contribution in [2.24, 2.45) is 11.7 Å². The number of carbonyl (C=O) groups excluding carboxylic acids is 1. The van der Waals surface area contributed by atoms with E-state index in [1.165, 1.54) is 10.7 Å². The van der Waals surface area contributed by atoms with Crippen molar-refractivity contribution in [3.05, 3.63) is 29.7 Å². The van der Waals surface area contributed by atoms with Crippen molar-refractivity contribution in [2.45, 2.75) is 51.2 Å². The van der Waals surface area contributed by atoms with E-state index in [-0.39, 0.29) is 47.1 Å². The molecule has 1 saturated carbocycles. The zero-order chi connectivity index (χ0) is 24.7. The summed E-state index contributed by atoms with van der Waals surface area (Å²) in [5, 5.41) is 18.0. The van der Waals surface area contributed by atoms with Gasteiger partial charge >= 0.3 is 0 Å². The number of amides is 1. The normalized spacial score (nSPS) is 23.3. The number of alkyl halides is 2. The number of rotatable bonds is 6. The fourth-order valence-electron chi connectivity index (χ4n) is 5.07. The minimum absolute atomic E-state index is 0.0152. The second-order valence-corrected chi connectivity index (χ2v) is 9.34. The van der Waals surface area contributed by atoms with Gasteiger partial charge in [0.1, 0.15) is 22.8 Å². The van der Waals surface area contributed by atoms with Crippen LogP contribution in [0.25, 0.3) is 16.9 Å². The van der Waals surface area contributed by atoms with Crippen LogP contribution in [0.5, 0.6) is 0 Å². The van der Waals surface area contributed by atoms with Gasteiger partial charge in [-0.2, -0.15) is 10.2 Å². The van der Waals surface area contributed by atoms with Crippen LogP contribution >= 0.6 is 0 Å². The number of ether oxygens (including phenoxy) is 1. The Morgan fingerprint density at radius 2 is 2.06 bits per heavy atom. The van der Waals surface area contributed by atoms with Crippen molar-refractivity contribution >= 4 is 17.4 Å². The van der Waals surface area contributed by atoms with E-state index in [2.05, 4.69) is 15.2 Å². The second kappa shape index (κ2) is 9.50. The van der Waals surface area contributed by atoms with Gasteiger partial charge in [0.05, 0.1) is 24.3 Å². The third-order valence-electron chi connectivity index (χ3n) is 6.95. The highest BCUT2D eigenvalue weighted by Gasteiger charge is 2.31. The van der Waals surface area contributed by atoms with Gasteiger partial charge in [-0.25, -0.2) is 18.3 Å². The molecular weight excluding hydrogens is 460 g/mol. The van der Waals surface area contributed by atoms with E-state index < -0.39 is 18.0 Å². The van der Waals surface area contributed by atoms with Crippen molar-refractivity contribution < 1.29 is 23.4 Å². The van der Waals surface area contributed by atoms with Crippen LogP contribution in [0.3, 0.4) is 0 Å². The lowest BCUT2D eigenvalue weighted by Crippen LogP contribution is -2.41. The molecule has 0 aromatic carbocycles. The van der Waals surface area contributed by atoms with Gasteiger partial charge in [0.2, 0.25) is 0 Å². The smallest absolute Gasteiger partial charge is 0.282 e. The van der Waals surface area contributed by atoms with E-state index in [1.807, 2.05) is 11.8 Å². The predicted octanol–water partition coefficient (Wildman–Crippen LogP) is 2.58. The number of halogens is 2. The Morgan fingerprint density at radius 1 is 1.29 bits per heavy atom. The molecule has 3 aromatic rings. The molecule has 35 heavy (non-hydrogen) atoms. The maximum absolute atomic E-state index is 14.0. The fraction of sp³-hybridized carbons (Fsp3) is 0.565. The molecule has 0 unspecified atom stereocenters. The van der Waals surface area contributed by atoms with Crippen molar-refractivity contribution in [3.8, 4) is 11.3 Å². The van der Waals surface area contributed by atoms with Gasteiger partial charge in [-0.3, -0.25) is 9.48 Å². The molecule has 3 aromatic heterocycles. The lowest BCUT2D eigenvalue weighted by Gasteiger charge is -2.31. The topological polar surface area (TPSA) is 124 Å². The third-order valence-corrected chi connectivity index (χ3v) is 6.95. The van der Waals surface area contributed by atoms with Gasteiger partial charge < -0.3 is 20.5 Å². The Balaban J connectivity index is 1.56. The summed E-state index contributed by atoms with van der Waals surface area (Å²) in [4.78, 5) is 19.2. The minimum Gasteiger partial charge on any atom is -0.396 e. The number of hydrogen-bond donors (Lipinski definition) is 2. The third kappa shape index (κ3) is 4.47. The molecule has 1 amide bonds. The Labute approximate surface area is 200 Å². The van der Waals surface area contributed by atoms with Crippen LogP contribution in [-0.4, -0.2) is 67.8 Å². The Bertz CT molecular complexity index is 1220. The lowest BCUT2D eigenvalue weighted by atomic mass is 9.87. The standard InChI is InChI=1S/C23H29F2N7O3/c1-13-10-30(8-9-35-13)17-6-7-31-23(27-17)18(22(26)34)19(28-31)16-11-32(29-20(16)21(24)25)15-4-2-14(12-33)3-5-15/h6-7,11,13-15,21,33H,2-5,8-10,12H2,1H3,(H2,26,34)/t13-,14?,15?/m0/s1. The predicted molar refractivity (Wildman–Crippen MR) is 123 cm³/mol. The monoisotopic (exact) mass is 489 g/mol. The number of hydrogen-bond acceptors (Lipinski definition) is 7. The number of nitrogens with two attached hydrogens (primary N) is 1. The van der Waals surface area contributed by atoms with Gasteiger partial charge in [0, 0.05) is 32.1 Å². The molecule has 0 radical (unpaired) electrons. The highest BCUT2D eigenvalue weighted by atomic mass is 19.3. The number of aliphatic hydroxyl groups excluding tert-OH is 1. The number of carbonyl (C=O) groups is 1. The Hall–Kier alpha value is -3.12. The summed E-state index contributed by atoms with van der Waals surface area (Å²) in [6.07, 6.45) is 3.41. The van der Waals surface area contributed by atoms with Gasteiger partial charge in [-0.05, 0) is 44.6 Å². The van der Waals surface area contributed by atoms with E-state index in [0.717, 1.165) is 25.7 Å². The van der Waals surface area contributed by atoms with Crippen LogP contribution in [0.15, 0.2) is 18.5 Å². The summed E-state index contributed by atoms with van der Waals surface area (Å²) in [7, 11) is 0. The summed E-state index contributed by atoms with van der Waals surface area (Å²) in [6.45, 7) is 3.92. The summed E-state index contributed by atoms with van der Waals surface area (Å²) in [5.41, 5.74) is 5.59. The molecule has 5 rings (SSSR count). The van der Waals surface area contributed by atoms with E-state index in [9.17, 15) is 18.7 Å². The Kier molecular flexibility index (Phi) is 6.41. The second-order valence-electron chi connectivity index (χ2n) is 9.34. The highest BCUT2D eigenvalue weighted by molar-refractivity contribution is 6.05. The van der Waals surface area contributed by atoms with Crippen LogP contribution in [0.1, 0.15) is 61.1 Å². The first-order valence-electron chi connectivity index (χ1n) is 11.9. The quantitative estimate of drug-likeness (QED) is 0.545. The van der Waals surface area contributed by atoms with Crippen LogP contribution < -0.4 is 10.6 Å². The van der Waals surface area contributed by atoms with Crippen LogP contribution in [0.2, 0.25) is 0 Å². The van der Waals surface area contributed by atoms with Crippen LogP contribution in [0.4, 0.5) is 14.6 Å². The number of nitrogens with zero attached hydrogens (tertiary/aromatic N) is 6. The minimum atomic E-state index is -2.86. The van der Waals surface area contributed by atoms with E-state index >= 15 is 0 Å². The maximum Gasteiger partial charge on any atom is 0.282 e. The molecule has 2 aliphatic rings. The van der Waals surface area contributed by atoms with Crippen LogP contribution in [-0.2, 0) is 4.74 Å². The summed E-state index contributed by atoms with van der Waals surface area (Å²) in [6, 6.07) is 1.70. The molecule has 1 aliphatic carbocycles. The molecular formula is C23H29F2N7O3. The van der Waals surface area contributed by atoms with Gasteiger partial charge in [0.25, 0.3) is 12.3 Å². The first-order chi connectivity index (χ1) is 16.9. The molecule has 4 heterocycles.